The van der Waals surface area contributed by atoms with Crippen molar-refractivity contribution in [3.8, 4) is 16.9 Å². The van der Waals surface area contributed by atoms with E-state index in [0.29, 0.717) is 24.3 Å². The third-order valence-corrected chi connectivity index (χ3v) is 5.38. The van der Waals surface area contributed by atoms with E-state index < -0.39 is 0 Å². The molecule has 0 saturated carbocycles. The van der Waals surface area contributed by atoms with Gasteiger partial charge in [0.15, 0.2) is 0 Å². The van der Waals surface area contributed by atoms with Gasteiger partial charge in [0, 0.05) is 6.54 Å². The van der Waals surface area contributed by atoms with E-state index in [1.165, 1.54) is 16.0 Å². The van der Waals surface area contributed by atoms with E-state index in [0.717, 1.165) is 31.4 Å². The van der Waals surface area contributed by atoms with E-state index >= 15 is 0 Å². The maximum absolute atomic E-state index is 12.3. The molecule has 0 saturated heterocycles. The summed E-state index contributed by atoms with van der Waals surface area (Å²) in [7, 11) is 0. The molecular formula is C26H25NO3. The Labute approximate surface area is 177 Å². The van der Waals surface area contributed by atoms with Gasteiger partial charge in [-0.05, 0) is 48.2 Å². The predicted molar refractivity (Wildman–Crippen MR) is 118 cm³/mol. The maximum Gasteiger partial charge on any atom is 0.261 e. The number of rotatable bonds is 9. The first-order chi connectivity index (χ1) is 14.7. The van der Waals surface area contributed by atoms with Crippen LogP contribution in [0.3, 0.4) is 0 Å². The lowest BCUT2D eigenvalue weighted by molar-refractivity contribution is 0.0651. The number of unbranched alkanes of at least 4 members (excludes halogenated alkanes) is 3. The molecule has 0 aliphatic carbocycles. The molecule has 0 N–H and O–H groups in total. The molecular weight excluding hydrogens is 374 g/mol. The minimum atomic E-state index is -0.169. The number of imide groups is 1. The molecule has 1 heterocycles. The summed E-state index contributed by atoms with van der Waals surface area (Å²) in [6.45, 7) is 1.14. The molecule has 4 heteroatoms. The number of carbonyl (C=O) groups is 2. The quantitative estimate of drug-likeness (QED) is 0.348. The minimum absolute atomic E-state index is 0.169. The molecule has 152 valence electrons. The monoisotopic (exact) mass is 399 g/mol. The Kier molecular flexibility index (Phi) is 6.23. The lowest BCUT2D eigenvalue weighted by Crippen LogP contribution is -2.30. The van der Waals surface area contributed by atoms with Gasteiger partial charge in [-0.2, -0.15) is 0 Å². The van der Waals surface area contributed by atoms with Crippen LogP contribution in [0, 0.1) is 0 Å². The number of fused-ring (bicyclic) bond motifs is 1. The second-order valence-corrected chi connectivity index (χ2v) is 7.46. The third kappa shape index (κ3) is 4.43. The molecule has 1 aliphatic heterocycles. The topological polar surface area (TPSA) is 46.6 Å². The van der Waals surface area contributed by atoms with Crippen LogP contribution in [0.15, 0.2) is 78.9 Å². The highest BCUT2D eigenvalue weighted by Gasteiger charge is 2.34. The second-order valence-electron chi connectivity index (χ2n) is 7.46. The van der Waals surface area contributed by atoms with Gasteiger partial charge in [0.2, 0.25) is 0 Å². The Morgan fingerprint density at radius 3 is 1.83 bits per heavy atom. The standard InChI is InChI=1S/C26H25NO3/c28-25-23-12-6-7-13-24(23)26(29)27(25)18-8-1-2-9-19-30-22-16-14-21(15-17-22)20-10-4-3-5-11-20/h3-7,10-17H,1-2,8-9,18-19H2. The van der Waals surface area contributed by atoms with Gasteiger partial charge < -0.3 is 4.74 Å². The normalized spacial score (nSPS) is 12.9. The fourth-order valence-electron chi connectivity index (χ4n) is 3.73. The van der Waals surface area contributed by atoms with Crippen LogP contribution < -0.4 is 4.74 Å². The van der Waals surface area contributed by atoms with Crippen LogP contribution >= 0.6 is 0 Å². The summed E-state index contributed by atoms with van der Waals surface area (Å²) in [4.78, 5) is 26.0. The molecule has 0 fully saturated rings. The van der Waals surface area contributed by atoms with Crippen molar-refractivity contribution in [3.05, 3.63) is 90.0 Å². The number of carbonyl (C=O) groups excluding carboxylic acids is 2. The van der Waals surface area contributed by atoms with E-state index in [4.69, 9.17) is 4.74 Å². The average Bonchev–Trinajstić information content (AvgIpc) is 3.04. The van der Waals surface area contributed by atoms with Crippen LogP contribution in [0.4, 0.5) is 0 Å². The lowest BCUT2D eigenvalue weighted by atomic mass is 10.1. The molecule has 0 atom stereocenters. The van der Waals surface area contributed by atoms with E-state index in [1.54, 1.807) is 24.3 Å². The van der Waals surface area contributed by atoms with Crippen molar-refractivity contribution in [1.29, 1.82) is 0 Å². The molecule has 0 radical (unpaired) electrons. The first-order valence-electron chi connectivity index (χ1n) is 10.5. The Morgan fingerprint density at radius 1 is 0.600 bits per heavy atom. The molecule has 0 unspecified atom stereocenters. The highest BCUT2D eigenvalue weighted by Crippen LogP contribution is 2.24. The Balaban J connectivity index is 1.14. The van der Waals surface area contributed by atoms with Crippen molar-refractivity contribution >= 4 is 11.8 Å². The first kappa shape index (κ1) is 19.9. The van der Waals surface area contributed by atoms with Crippen molar-refractivity contribution in [1.82, 2.24) is 4.90 Å². The molecule has 4 nitrogen and oxygen atoms in total. The predicted octanol–water partition coefficient (Wildman–Crippen LogP) is 5.59. The van der Waals surface area contributed by atoms with E-state index in [-0.39, 0.29) is 11.8 Å². The minimum Gasteiger partial charge on any atom is -0.494 e. The summed E-state index contributed by atoms with van der Waals surface area (Å²) in [5.41, 5.74) is 3.42. The summed E-state index contributed by atoms with van der Waals surface area (Å²) in [6.07, 6.45) is 3.73. The number of hydrogen-bond acceptors (Lipinski definition) is 3. The van der Waals surface area contributed by atoms with Crippen LogP contribution in [-0.4, -0.2) is 29.9 Å². The summed E-state index contributed by atoms with van der Waals surface area (Å²) in [6, 6.07) is 25.5. The third-order valence-electron chi connectivity index (χ3n) is 5.38. The average molecular weight is 399 g/mol. The van der Waals surface area contributed by atoms with Crippen molar-refractivity contribution in [2.24, 2.45) is 0 Å². The van der Waals surface area contributed by atoms with E-state index in [9.17, 15) is 9.59 Å². The van der Waals surface area contributed by atoms with Gasteiger partial charge in [-0.15, -0.1) is 0 Å². The Hall–Kier alpha value is -3.40. The Bertz CT molecular complexity index is 977. The molecule has 0 bridgehead atoms. The number of nitrogens with zero attached hydrogens (tertiary/aromatic N) is 1. The van der Waals surface area contributed by atoms with Gasteiger partial charge in [0.25, 0.3) is 11.8 Å². The zero-order valence-electron chi connectivity index (χ0n) is 16.9. The Morgan fingerprint density at radius 2 is 1.17 bits per heavy atom. The van der Waals surface area contributed by atoms with Gasteiger partial charge in [0.05, 0.1) is 17.7 Å². The van der Waals surface area contributed by atoms with Gasteiger partial charge in [-0.3, -0.25) is 14.5 Å². The molecule has 2 amide bonds. The number of hydrogen-bond donors (Lipinski definition) is 0. The number of benzene rings is 3. The molecule has 30 heavy (non-hydrogen) atoms. The summed E-state index contributed by atoms with van der Waals surface area (Å²) < 4.78 is 5.83. The van der Waals surface area contributed by atoms with Crippen LogP contribution in [0.25, 0.3) is 11.1 Å². The second kappa shape index (κ2) is 9.40. The van der Waals surface area contributed by atoms with Gasteiger partial charge in [-0.1, -0.05) is 67.4 Å². The van der Waals surface area contributed by atoms with Crippen molar-refractivity contribution < 1.29 is 14.3 Å². The number of amides is 2. The van der Waals surface area contributed by atoms with E-state index in [1.807, 2.05) is 30.3 Å². The fraction of sp³-hybridized carbons (Fsp3) is 0.231. The largest absolute Gasteiger partial charge is 0.494 e. The van der Waals surface area contributed by atoms with E-state index in [2.05, 4.69) is 24.3 Å². The smallest absolute Gasteiger partial charge is 0.261 e. The highest BCUT2D eigenvalue weighted by molar-refractivity contribution is 6.21. The maximum atomic E-state index is 12.3. The zero-order chi connectivity index (χ0) is 20.8. The molecule has 0 aromatic heterocycles. The molecule has 0 spiro atoms. The van der Waals surface area contributed by atoms with Crippen LogP contribution in [0.2, 0.25) is 0 Å². The van der Waals surface area contributed by atoms with Crippen molar-refractivity contribution in [2.75, 3.05) is 13.2 Å². The van der Waals surface area contributed by atoms with Crippen LogP contribution in [0.1, 0.15) is 46.4 Å². The number of ether oxygens (including phenoxy) is 1. The van der Waals surface area contributed by atoms with Crippen molar-refractivity contribution in [2.45, 2.75) is 25.7 Å². The lowest BCUT2D eigenvalue weighted by Gasteiger charge is -2.13. The van der Waals surface area contributed by atoms with Crippen molar-refractivity contribution in [3.63, 3.8) is 0 Å². The zero-order valence-corrected chi connectivity index (χ0v) is 16.9. The SMILES string of the molecule is O=C1c2ccccc2C(=O)N1CCCCCCOc1ccc(-c2ccccc2)cc1. The highest BCUT2D eigenvalue weighted by atomic mass is 16.5. The van der Waals surface area contributed by atoms with Gasteiger partial charge in [-0.25, -0.2) is 0 Å². The molecule has 3 aromatic carbocycles. The molecule has 1 aliphatic rings. The summed E-state index contributed by atoms with van der Waals surface area (Å²) in [5, 5.41) is 0. The molecule has 3 aromatic rings. The van der Waals surface area contributed by atoms with Crippen LogP contribution in [-0.2, 0) is 0 Å². The van der Waals surface area contributed by atoms with Gasteiger partial charge in [0.1, 0.15) is 5.75 Å². The first-order valence-corrected chi connectivity index (χ1v) is 10.5. The molecule has 4 rings (SSSR count). The summed E-state index contributed by atoms with van der Waals surface area (Å²) in [5.74, 6) is 0.538. The van der Waals surface area contributed by atoms with Gasteiger partial charge >= 0.3 is 0 Å². The summed E-state index contributed by atoms with van der Waals surface area (Å²) >= 11 is 0. The fourth-order valence-corrected chi connectivity index (χ4v) is 3.73. The van der Waals surface area contributed by atoms with Crippen LogP contribution in [0.5, 0.6) is 5.75 Å².